The third kappa shape index (κ3) is 3.42. The molecule has 1 aromatic carbocycles. The summed E-state index contributed by atoms with van der Waals surface area (Å²) in [6.45, 7) is 2.15. The summed E-state index contributed by atoms with van der Waals surface area (Å²) in [5.41, 5.74) is 6.28. The second-order valence-electron chi connectivity index (χ2n) is 5.64. The normalized spacial score (nSPS) is 22.7. The molecule has 2 fully saturated rings. The number of carbonyl (C=O) groups excluding carboxylic acids is 1. The van der Waals surface area contributed by atoms with Crippen molar-refractivity contribution in [1.29, 1.82) is 0 Å². The third-order valence-electron chi connectivity index (χ3n) is 3.90. The van der Waals surface area contributed by atoms with Crippen molar-refractivity contribution in [2.75, 3.05) is 25.4 Å². The molecule has 3 N–H and O–H groups in total. The molecule has 1 heterocycles. The minimum Gasteiger partial charge on any atom is -0.484 e. The summed E-state index contributed by atoms with van der Waals surface area (Å²) in [6, 6.07) is 8.12. The summed E-state index contributed by atoms with van der Waals surface area (Å²) in [5.74, 6) is 0.616. The van der Waals surface area contributed by atoms with Gasteiger partial charge in [0, 0.05) is 30.9 Å². The van der Waals surface area contributed by atoms with Crippen molar-refractivity contribution in [3.05, 3.63) is 24.3 Å². The molecule has 1 saturated heterocycles. The summed E-state index contributed by atoms with van der Waals surface area (Å²) in [5, 5.41) is 3.04. The number of hydrogen-bond donors (Lipinski definition) is 2. The first-order chi connectivity index (χ1) is 9.70. The highest BCUT2D eigenvalue weighted by Gasteiger charge is 2.34. The SMILES string of the molecule is Nc1ccc(OCC(=O)NC2CCN(C3CC3)C2)cc1. The highest BCUT2D eigenvalue weighted by molar-refractivity contribution is 5.77. The number of nitrogens with zero attached hydrogens (tertiary/aromatic N) is 1. The average Bonchev–Trinajstić information content (AvgIpc) is 3.19. The summed E-state index contributed by atoms with van der Waals surface area (Å²) in [7, 11) is 0. The third-order valence-corrected chi connectivity index (χ3v) is 3.90. The van der Waals surface area contributed by atoms with Gasteiger partial charge in [-0.25, -0.2) is 0 Å². The van der Waals surface area contributed by atoms with E-state index in [1.54, 1.807) is 24.3 Å². The van der Waals surface area contributed by atoms with Crippen molar-refractivity contribution in [2.24, 2.45) is 0 Å². The molecule has 1 unspecified atom stereocenters. The zero-order chi connectivity index (χ0) is 13.9. The maximum absolute atomic E-state index is 11.9. The number of benzene rings is 1. The molecule has 1 aliphatic heterocycles. The number of nitrogens with two attached hydrogens (primary N) is 1. The molecule has 3 rings (SSSR count). The van der Waals surface area contributed by atoms with Crippen LogP contribution in [0.3, 0.4) is 0 Å². The van der Waals surface area contributed by atoms with E-state index in [1.807, 2.05) is 0 Å². The molecule has 0 bridgehead atoms. The Kier molecular flexibility index (Phi) is 3.78. The van der Waals surface area contributed by atoms with Gasteiger partial charge >= 0.3 is 0 Å². The topological polar surface area (TPSA) is 67.6 Å². The van der Waals surface area contributed by atoms with Crippen molar-refractivity contribution in [2.45, 2.75) is 31.3 Å². The maximum Gasteiger partial charge on any atom is 0.258 e. The van der Waals surface area contributed by atoms with E-state index in [2.05, 4.69) is 10.2 Å². The molecule has 1 atom stereocenters. The molecule has 0 radical (unpaired) electrons. The molecular weight excluding hydrogens is 254 g/mol. The van der Waals surface area contributed by atoms with Crippen LogP contribution in [0.25, 0.3) is 0 Å². The van der Waals surface area contributed by atoms with E-state index in [0.717, 1.165) is 25.6 Å². The lowest BCUT2D eigenvalue weighted by molar-refractivity contribution is -0.123. The lowest BCUT2D eigenvalue weighted by Gasteiger charge is -2.16. The number of likely N-dealkylation sites (tertiary alicyclic amines) is 1. The Morgan fingerprint density at radius 2 is 2.05 bits per heavy atom. The molecule has 1 aliphatic carbocycles. The van der Waals surface area contributed by atoms with Crippen LogP contribution in [0.1, 0.15) is 19.3 Å². The quantitative estimate of drug-likeness (QED) is 0.787. The smallest absolute Gasteiger partial charge is 0.258 e. The molecule has 2 aliphatic rings. The fraction of sp³-hybridized carbons (Fsp3) is 0.533. The second kappa shape index (κ2) is 5.71. The lowest BCUT2D eigenvalue weighted by Crippen LogP contribution is -2.39. The van der Waals surface area contributed by atoms with E-state index >= 15 is 0 Å². The van der Waals surface area contributed by atoms with Gasteiger partial charge in [0.05, 0.1) is 0 Å². The van der Waals surface area contributed by atoms with Gasteiger partial charge in [-0.3, -0.25) is 9.69 Å². The predicted octanol–water partition coefficient (Wildman–Crippen LogP) is 1.00. The maximum atomic E-state index is 11.9. The zero-order valence-electron chi connectivity index (χ0n) is 11.5. The fourth-order valence-electron chi connectivity index (χ4n) is 2.66. The number of nitrogens with one attached hydrogen (secondary N) is 1. The minimum atomic E-state index is -0.0514. The van der Waals surface area contributed by atoms with Gasteiger partial charge in [-0.2, -0.15) is 0 Å². The molecule has 1 saturated carbocycles. The van der Waals surface area contributed by atoms with Gasteiger partial charge in [0.1, 0.15) is 5.75 Å². The van der Waals surface area contributed by atoms with Crippen LogP contribution in [0, 0.1) is 0 Å². The molecule has 1 aromatic rings. The molecule has 5 heteroatoms. The van der Waals surface area contributed by atoms with Gasteiger partial charge in [-0.05, 0) is 43.5 Å². The molecule has 0 spiro atoms. The Balaban J connectivity index is 1.40. The van der Waals surface area contributed by atoms with Crippen LogP contribution in [0.4, 0.5) is 5.69 Å². The fourth-order valence-corrected chi connectivity index (χ4v) is 2.66. The Morgan fingerprint density at radius 3 is 2.75 bits per heavy atom. The van der Waals surface area contributed by atoms with Crippen molar-refractivity contribution < 1.29 is 9.53 Å². The van der Waals surface area contributed by atoms with Gasteiger partial charge in [-0.1, -0.05) is 0 Å². The first-order valence-electron chi connectivity index (χ1n) is 7.22. The minimum absolute atomic E-state index is 0.0514. The molecule has 108 valence electrons. The van der Waals surface area contributed by atoms with Crippen LogP contribution in [-0.2, 0) is 4.79 Å². The number of rotatable bonds is 5. The highest BCUT2D eigenvalue weighted by atomic mass is 16.5. The van der Waals surface area contributed by atoms with E-state index in [4.69, 9.17) is 10.5 Å². The average molecular weight is 275 g/mol. The van der Waals surface area contributed by atoms with Crippen LogP contribution in [-0.4, -0.2) is 42.6 Å². The highest BCUT2D eigenvalue weighted by Crippen LogP contribution is 2.29. The van der Waals surface area contributed by atoms with Crippen LogP contribution < -0.4 is 15.8 Å². The number of amides is 1. The van der Waals surface area contributed by atoms with Crippen molar-refractivity contribution >= 4 is 11.6 Å². The zero-order valence-corrected chi connectivity index (χ0v) is 11.5. The van der Waals surface area contributed by atoms with Gasteiger partial charge in [0.15, 0.2) is 6.61 Å². The van der Waals surface area contributed by atoms with E-state index in [1.165, 1.54) is 12.8 Å². The number of anilines is 1. The standard InChI is InChI=1S/C15H21N3O2/c16-11-1-5-14(6-2-11)20-10-15(19)17-12-7-8-18(9-12)13-3-4-13/h1-2,5-6,12-13H,3-4,7-10,16H2,(H,17,19). The van der Waals surface area contributed by atoms with E-state index in [9.17, 15) is 4.79 Å². The Labute approximate surface area is 119 Å². The van der Waals surface area contributed by atoms with Gasteiger partial charge in [-0.15, -0.1) is 0 Å². The van der Waals surface area contributed by atoms with Crippen LogP contribution >= 0.6 is 0 Å². The lowest BCUT2D eigenvalue weighted by atomic mass is 10.2. The number of carbonyl (C=O) groups is 1. The Bertz CT molecular complexity index is 471. The van der Waals surface area contributed by atoms with E-state index in [0.29, 0.717) is 11.4 Å². The predicted molar refractivity (Wildman–Crippen MR) is 77.5 cm³/mol. The van der Waals surface area contributed by atoms with E-state index in [-0.39, 0.29) is 18.6 Å². The number of nitrogen functional groups attached to an aromatic ring is 1. The monoisotopic (exact) mass is 275 g/mol. The van der Waals surface area contributed by atoms with Crippen molar-refractivity contribution in [3.8, 4) is 5.75 Å². The summed E-state index contributed by atoms with van der Waals surface area (Å²) >= 11 is 0. The molecular formula is C15H21N3O2. The molecule has 0 aromatic heterocycles. The summed E-state index contributed by atoms with van der Waals surface area (Å²) < 4.78 is 5.44. The first kappa shape index (κ1) is 13.2. The Morgan fingerprint density at radius 1 is 1.30 bits per heavy atom. The summed E-state index contributed by atoms with van der Waals surface area (Å²) in [6.07, 6.45) is 3.69. The van der Waals surface area contributed by atoms with Crippen molar-refractivity contribution in [1.82, 2.24) is 10.2 Å². The summed E-state index contributed by atoms with van der Waals surface area (Å²) in [4.78, 5) is 14.3. The van der Waals surface area contributed by atoms with Crippen molar-refractivity contribution in [3.63, 3.8) is 0 Å². The largest absolute Gasteiger partial charge is 0.484 e. The second-order valence-corrected chi connectivity index (χ2v) is 5.64. The van der Waals surface area contributed by atoms with E-state index < -0.39 is 0 Å². The Hall–Kier alpha value is -1.75. The molecule has 1 amide bonds. The van der Waals surface area contributed by atoms with Crippen LogP contribution in [0.5, 0.6) is 5.75 Å². The number of ether oxygens (including phenoxy) is 1. The molecule has 20 heavy (non-hydrogen) atoms. The van der Waals surface area contributed by atoms with Gasteiger partial charge in [0.2, 0.25) is 0 Å². The molecule has 5 nitrogen and oxygen atoms in total. The van der Waals surface area contributed by atoms with Gasteiger partial charge in [0.25, 0.3) is 5.91 Å². The number of hydrogen-bond acceptors (Lipinski definition) is 4. The van der Waals surface area contributed by atoms with Crippen LogP contribution in [0.15, 0.2) is 24.3 Å². The first-order valence-corrected chi connectivity index (χ1v) is 7.22. The van der Waals surface area contributed by atoms with Crippen LogP contribution in [0.2, 0.25) is 0 Å². The van der Waals surface area contributed by atoms with Gasteiger partial charge < -0.3 is 15.8 Å².